The molecule has 3 aromatic rings. The van der Waals surface area contributed by atoms with Gasteiger partial charge < -0.3 is 9.84 Å². The summed E-state index contributed by atoms with van der Waals surface area (Å²) < 4.78 is 5.72. The van der Waals surface area contributed by atoms with Crippen LogP contribution in [0.2, 0.25) is 0 Å². The Kier molecular flexibility index (Phi) is 5.64. The minimum Gasteiger partial charge on any atom is -0.491 e. The highest BCUT2D eigenvalue weighted by atomic mass is 32.2. The summed E-state index contributed by atoms with van der Waals surface area (Å²) in [4.78, 5) is 12.8. The highest BCUT2D eigenvalue weighted by molar-refractivity contribution is 8.04. The van der Waals surface area contributed by atoms with Crippen LogP contribution < -0.4 is 4.74 Å². The van der Waals surface area contributed by atoms with Crippen molar-refractivity contribution in [3.63, 3.8) is 0 Å². The fourth-order valence-electron chi connectivity index (χ4n) is 2.58. The molecule has 0 bridgehead atoms. The summed E-state index contributed by atoms with van der Waals surface area (Å²) in [5, 5.41) is 11.6. The zero-order chi connectivity index (χ0) is 18.5. The Hall–Kier alpha value is -2.72. The van der Waals surface area contributed by atoms with Crippen molar-refractivity contribution >= 4 is 34.6 Å². The molecule has 3 nitrogen and oxygen atoms in total. The minimum absolute atomic E-state index is 0.128. The van der Waals surface area contributed by atoms with Crippen LogP contribution in [-0.2, 0) is 4.79 Å². The van der Waals surface area contributed by atoms with Gasteiger partial charge in [0.15, 0.2) is 0 Å². The topological polar surface area (TPSA) is 46.5 Å². The fourth-order valence-corrected chi connectivity index (χ4v) is 3.41. The third-order valence-electron chi connectivity index (χ3n) is 3.69. The molecule has 0 aliphatic carbocycles. The standard InChI is InChI=1S/C22H20O3S/c1-15(2)25-19-11-10-17-12-16(8-9-18(17)14-19)13-21(22(23)24)26-20-6-4-3-5-7-20/h3-15H,1-2H3,(H,23,24)/b21-13-. The van der Waals surface area contributed by atoms with Gasteiger partial charge in [-0.1, -0.05) is 48.2 Å². The minimum atomic E-state index is -0.931. The van der Waals surface area contributed by atoms with E-state index in [1.807, 2.05) is 80.6 Å². The van der Waals surface area contributed by atoms with Crippen LogP contribution in [0.1, 0.15) is 19.4 Å². The Morgan fingerprint density at radius 1 is 1.00 bits per heavy atom. The van der Waals surface area contributed by atoms with Crippen molar-refractivity contribution in [2.45, 2.75) is 24.8 Å². The largest absolute Gasteiger partial charge is 0.491 e. The Bertz CT molecular complexity index is 946. The molecule has 0 fully saturated rings. The van der Waals surface area contributed by atoms with E-state index in [0.29, 0.717) is 0 Å². The predicted molar refractivity (Wildman–Crippen MR) is 108 cm³/mol. The molecule has 3 rings (SSSR count). The molecule has 0 atom stereocenters. The van der Waals surface area contributed by atoms with E-state index in [4.69, 9.17) is 4.74 Å². The van der Waals surface area contributed by atoms with Gasteiger partial charge in [-0.05, 0) is 66.6 Å². The van der Waals surface area contributed by atoms with Crippen LogP contribution in [-0.4, -0.2) is 17.2 Å². The van der Waals surface area contributed by atoms with E-state index >= 15 is 0 Å². The fraction of sp³-hybridized carbons (Fsp3) is 0.136. The molecule has 0 radical (unpaired) electrons. The summed E-state index contributed by atoms with van der Waals surface area (Å²) in [5.74, 6) is -0.0960. The number of carboxylic acids is 1. The van der Waals surface area contributed by atoms with Gasteiger partial charge in [-0.25, -0.2) is 4.79 Å². The van der Waals surface area contributed by atoms with E-state index in [2.05, 4.69) is 0 Å². The van der Waals surface area contributed by atoms with Crippen LogP contribution in [0.4, 0.5) is 0 Å². The maximum absolute atomic E-state index is 11.6. The Labute approximate surface area is 157 Å². The first-order chi connectivity index (χ1) is 12.5. The quantitative estimate of drug-likeness (QED) is 0.440. The second-order valence-electron chi connectivity index (χ2n) is 6.16. The molecule has 0 heterocycles. The van der Waals surface area contributed by atoms with Crippen molar-refractivity contribution in [3.8, 4) is 5.75 Å². The highest BCUT2D eigenvalue weighted by Crippen LogP contribution is 2.29. The van der Waals surface area contributed by atoms with Crippen LogP contribution in [0.5, 0.6) is 5.75 Å². The number of benzene rings is 3. The summed E-state index contributed by atoms with van der Waals surface area (Å²) in [6.45, 7) is 3.99. The van der Waals surface area contributed by atoms with Crippen LogP contribution in [0.3, 0.4) is 0 Å². The van der Waals surface area contributed by atoms with Gasteiger partial charge in [0.1, 0.15) is 5.75 Å². The molecule has 3 aromatic carbocycles. The molecule has 26 heavy (non-hydrogen) atoms. The molecule has 0 aliphatic rings. The normalized spacial score (nSPS) is 11.7. The van der Waals surface area contributed by atoms with E-state index in [-0.39, 0.29) is 11.0 Å². The number of carboxylic acid groups (broad SMARTS) is 1. The summed E-state index contributed by atoms with van der Waals surface area (Å²) in [6, 6.07) is 21.3. The van der Waals surface area contributed by atoms with Gasteiger partial charge in [0, 0.05) is 4.90 Å². The lowest BCUT2D eigenvalue weighted by atomic mass is 10.1. The lowest BCUT2D eigenvalue weighted by molar-refractivity contribution is -0.131. The Balaban J connectivity index is 1.90. The number of hydrogen-bond donors (Lipinski definition) is 1. The molecule has 0 spiro atoms. The third kappa shape index (κ3) is 4.67. The highest BCUT2D eigenvalue weighted by Gasteiger charge is 2.10. The number of hydrogen-bond acceptors (Lipinski definition) is 3. The average molecular weight is 364 g/mol. The maximum atomic E-state index is 11.6. The molecular weight excluding hydrogens is 344 g/mol. The van der Waals surface area contributed by atoms with Crippen molar-refractivity contribution in [1.82, 2.24) is 0 Å². The van der Waals surface area contributed by atoms with E-state index in [0.717, 1.165) is 27.0 Å². The predicted octanol–water partition coefficient (Wildman–Crippen LogP) is 5.84. The molecular formula is C22H20O3S. The maximum Gasteiger partial charge on any atom is 0.342 e. The van der Waals surface area contributed by atoms with Crippen LogP contribution >= 0.6 is 11.8 Å². The first kappa shape index (κ1) is 18.1. The van der Waals surface area contributed by atoms with Gasteiger partial charge >= 0.3 is 5.97 Å². The molecule has 0 saturated heterocycles. The van der Waals surface area contributed by atoms with Crippen LogP contribution in [0.25, 0.3) is 16.8 Å². The molecule has 0 saturated carbocycles. The number of fused-ring (bicyclic) bond motifs is 1. The van der Waals surface area contributed by atoms with Gasteiger partial charge in [0.25, 0.3) is 0 Å². The van der Waals surface area contributed by atoms with Crippen molar-refractivity contribution in [3.05, 3.63) is 77.2 Å². The van der Waals surface area contributed by atoms with Gasteiger partial charge in [-0.3, -0.25) is 0 Å². The van der Waals surface area contributed by atoms with Gasteiger partial charge in [-0.2, -0.15) is 0 Å². The lowest BCUT2D eigenvalue weighted by Gasteiger charge is -2.10. The number of aliphatic carboxylic acids is 1. The van der Waals surface area contributed by atoms with E-state index in [1.54, 1.807) is 6.08 Å². The average Bonchev–Trinajstić information content (AvgIpc) is 2.61. The molecule has 0 aromatic heterocycles. The molecule has 0 aliphatic heterocycles. The van der Waals surface area contributed by atoms with Crippen LogP contribution in [0.15, 0.2) is 76.5 Å². The lowest BCUT2D eigenvalue weighted by Crippen LogP contribution is -2.05. The Morgan fingerprint density at radius 2 is 1.69 bits per heavy atom. The van der Waals surface area contributed by atoms with Crippen LogP contribution in [0, 0.1) is 0 Å². The summed E-state index contributed by atoms with van der Waals surface area (Å²) in [6.07, 6.45) is 1.83. The van der Waals surface area contributed by atoms with E-state index in [9.17, 15) is 9.90 Å². The van der Waals surface area contributed by atoms with Crippen molar-refractivity contribution in [2.24, 2.45) is 0 Å². The zero-order valence-electron chi connectivity index (χ0n) is 14.7. The molecule has 1 N–H and O–H groups in total. The number of ether oxygens (including phenoxy) is 1. The van der Waals surface area contributed by atoms with Gasteiger partial charge in [0.05, 0.1) is 11.0 Å². The van der Waals surface area contributed by atoms with Crippen molar-refractivity contribution < 1.29 is 14.6 Å². The molecule has 4 heteroatoms. The zero-order valence-corrected chi connectivity index (χ0v) is 15.5. The second-order valence-corrected chi connectivity index (χ2v) is 7.28. The van der Waals surface area contributed by atoms with Gasteiger partial charge in [-0.15, -0.1) is 0 Å². The SMILES string of the molecule is CC(C)Oc1ccc2cc(/C=C(\Sc3ccccc3)C(=O)O)ccc2c1. The second kappa shape index (κ2) is 8.11. The third-order valence-corrected chi connectivity index (χ3v) is 4.71. The summed E-state index contributed by atoms with van der Waals surface area (Å²) in [7, 11) is 0. The van der Waals surface area contributed by atoms with Gasteiger partial charge in [0.2, 0.25) is 0 Å². The number of rotatable bonds is 6. The molecule has 132 valence electrons. The number of carbonyl (C=O) groups is 1. The first-order valence-corrected chi connectivity index (χ1v) is 9.21. The van der Waals surface area contributed by atoms with E-state index in [1.165, 1.54) is 11.8 Å². The summed E-state index contributed by atoms with van der Waals surface area (Å²) in [5.41, 5.74) is 0.857. The Morgan fingerprint density at radius 3 is 2.38 bits per heavy atom. The number of thioether (sulfide) groups is 1. The van der Waals surface area contributed by atoms with Crippen molar-refractivity contribution in [1.29, 1.82) is 0 Å². The van der Waals surface area contributed by atoms with Crippen molar-refractivity contribution in [2.75, 3.05) is 0 Å². The smallest absolute Gasteiger partial charge is 0.342 e. The van der Waals surface area contributed by atoms with E-state index < -0.39 is 5.97 Å². The summed E-state index contributed by atoms with van der Waals surface area (Å²) >= 11 is 1.25. The monoisotopic (exact) mass is 364 g/mol. The molecule has 0 unspecified atom stereocenters. The molecule has 0 amide bonds. The first-order valence-electron chi connectivity index (χ1n) is 8.39.